The predicted octanol–water partition coefficient (Wildman–Crippen LogP) is 3.27. The first kappa shape index (κ1) is 16.2. The molecule has 0 atom stereocenters. The largest absolute Gasteiger partial charge is 0.369 e. The van der Waals surface area contributed by atoms with E-state index in [9.17, 15) is 4.79 Å². The first-order valence-electron chi connectivity index (χ1n) is 7.27. The fourth-order valence-corrected chi connectivity index (χ4v) is 1.93. The van der Waals surface area contributed by atoms with Gasteiger partial charge in [-0.1, -0.05) is 37.1 Å². The maximum absolute atomic E-state index is 12.0. The highest BCUT2D eigenvalue weighted by Crippen LogP contribution is 2.09. The van der Waals surface area contributed by atoms with Gasteiger partial charge in [0, 0.05) is 18.1 Å². The van der Waals surface area contributed by atoms with Crippen molar-refractivity contribution in [3.05, 3.63) is 52.9 Å². The van der Waals surface area contributed by atoms with Crippen LogP contribution in [0.4, 0.5) is 5.82 Å². The molecule has 116 valence electrons. The van der Waals surface area contributed by atoms with Crippen LogP contribution in [-0.2, 0) is 6.54 Å². The monoisotopic (exact) mass is 318 g/mol. The van der Waals surface area contributed by atoms with Crippen LogP contribution in [0.5, 0.6) is 0 Å². The summed E-state index contributed by atoms with van der Waals surface area (Å²) in [7, 11) is 0. The van der Waals surface area contributed by atoms with Gasteiger partial charge in [-0.25, -0.2) is 9.97 Å². The molecule has 0 radical (unpaired) electrons. The van der Waals surface area contributed by atoms with E-state index in [1.807, 2.05) is 12.1 Å². The van der Waals surface area contributed by atoms with Crippen molar-refractivity contribution >= 4 is 23.3 Å². The van der Waals surface area contributed by atoms with Crippen molar-refractivity contribution < 1.29 is 4.79 Å². The van der Waals surface area contributed by atoms with Crippen LogP contribution < -0.4 is 10.6 Å². The third-order valence-electron chi connectivity index (χ3n) is 3.09. The summed E-state index contributed by atoms with van der Waals surface area (Å²) in [5.41, 5.74) is 1.28. The van der Waals surface area contributed by atoms with Crippen LogP contribution >= 0.6 is 11.6 Å². The summed E-state index contributed by atoms with van der Waals surface area (Å²) in [6.07, 6.45) is 5.25. The molecule has 0 fully saturated rings. The second kappa shape index (κ2) is 8.34. The normalized spacial score (nSPS) is 10.3. The van der Waals surface area contributed by atoms with Gasteiger partial charge < -0.3 is 10.6 Å². The minimum Gasteiger partial charge on any atom is -0.369 e. The van der Waals surface area contributed by atoms with E-state index < -0.39 is 0 Å². The molecule has 0 aliphatic heterocycles. The topological polar surface area (TPSA) is 66.9 Å². The number of halogens is 1. The van der Waals surface area contributed by atoms with E-state index in [1.165, 1.54) is 6.20 Å². The second-order valence-electron chi connectivity index (χ2n) is 4.88. The average molecular weight is 319 g/mol. The number of hydrogen-bond acceptors (Lipinski definition) is 4. The first-order valence-corrected chi connectivity index (χ1v) is 7.65. The Morgan fingerprint density at radius 3 is 2.59 bits per heavy atom. The number of anilines is 1. The van der Waals surface area contributed by atoms with E-state index in [-0.39, 0.29) is 5.91 Å². The Kier molecular flexibility index (Phi) is 6.15. The van der Waals surface area contributed by atoms with Crippen molar-refractivity contribution in [2.75, 3.05) is 11.9 Å². The number of benzene rings is 1. The van der Waals surface area contributed by atoms with Crippen LogP contribution in [0.2, 0.25) is 5.02 Å². The average Bonchev–Trinajstić information content (AvgIpc) is 2.55. The van der Waals surface area contributed by atoms with Gasteiger partial charge in [0.05, 0.1) is 12.4 Å². The van der Waals surface area contributed by atoms with Gasteiger partial charge in [0.1, 0.15) is 11.5 Å². The molecule has 22 heavy (non-hydrogen) atoms. The molecule has 1 heterocycles. The molecule has 0 bridgehead atoms. The van der Waals surface area contributed by atoms with Crippen LogP contribution in [0.3, 0.4) is 0 Å². The van der Waals surface area contributed by atoms with Crippen LogP contribution in [0, 0.1) is 0 Å². The van der Waals surface area contributed by atoms with E-state index >= 15 is 0 Å². The summed E-state index contributed by atoms with van der Waals surface area (Å²) < 4.78 is 0. The highest BCUT2D eigenvalue weighted by atomic mass is 35.5. The molecule has 0 aliphatic rings. The maximum Gasteiger partial charge on any atom is 0.271 e. The maximum atomic E-state index is 12.0. The number of hydrogen-bond donors (Lipinski definition) is 2. The molecule has 2 N–H and O–H groups in total. The summed E-state index contributed by atoms with van der Waals surface area (Å²) in [6, 6.07) is 7.32. The van der Waals surface area contributed by atoms with Crippen LogP contribution in [0.15, 0.2) is 36.7 Å². The fraction of sp³-hybridized carbons (Fsp3) is 0.312. The summed E-state index contributed by atoms with van der Waals surface area (Å²) in [6.45, 7) is 3.41. The molecule has 0 saturated carbocycles. The SMILES string of the molecule is CCCCNc1cnc(C(=O)NCc2ccc(Cl)cc2)cn1. The molecule has 6 heteroatoms. The summed E-state index contributed by atoms with van der Waals surface area (Å²) in [5, 5.41) is 6.63. The number of nitrogens with zero attached hydrogens (tertiary/aromatic N) is 2. The van der Waals surface area contributed by atoms with E-state index in [0.29, 0.717) is 23.1 Å². The third kappa shape index (κ3) is 5.00. The van der Waals surface area contributed by atoms with Crippen LogP contribution in [0.25, 0.3) is 0 Å². The Morgan fingerprint density at radius 1 is 1.18 bits per heavy atom. The van der Waals surface area contributed by atoms with Crippen molar-refractivity contribution in [2.24, 2.45) is 0 Å². The van der Waals surface area contributed by atoms with Gasteiger partial charge in [0.15, 0.2) is 0 Å². The fourth-order valence-electron chi connectivity index (χ4n) is 1.80. The van der Waals surface area contributed by atoms with Crippen molar-refractivity contribution in [3.8, 4) is 0 Å². The molecular weight excluding hydrogens is 300 g/mol. The van der Waals surface area contributed by atoms with Gasteiger partial charge in [-0.2, -0.15) is 0 Å². The Hall–Kier alpha value is -2.14. The molecule has 0 spiro atoms. The molecule has 5 nitrogen and oxygen atoms in total. The van der Waals surface area contributed by atoms with Crippen molar-refractivity contribution in [3.63, 3.8) is 0 Å². The van der Waals surface area contributed by atoms with E-state index in [2.05, 4.69) is 27.5 Å². The Labute approximate surface area is 135 Å². The molecule has 0 aliphatic carbocycles. The molecule has 0 unspecified atom stereocenters. The standard InChI is InChI=1S/C16H19ClN4O/c1-2-3-8-18-15-11-19-14(10-20-15)16(22)21-9-12-4-6-13(17)7-5-12/h4-7,10-11H,2-3,8-9H2,1H3,(H,18,20)(H,21,22). The molecule has 2 aromatic rings. The van der Waals surface area contributed by atoms with E-state index in [1.54, 1.807) is 18.3 Å². The number of carbonyl (C=O) groups is 1. The Balaban J connectivity index is 1.85. The number of carbonyl (C=O) groups excluding carboxylic acids is 1. The lowest BCUT2D eigenvalue weighted by molar-refractivity contribution is 0.0945. The van der Waals surface area contributed by atoms with Crippen LogP contribution in [-0.4, -0.2) is 22.4 Å². The number of unbranched alkanes of at least 4 members (excludes halogenated alkanes) is 1. The second-order valence-corrected chi connectivity index (χ2v) is 5.31. The van der Waals surface area contributed by atoms with Gasteiger partial charge in [0.2, 0.25) is 0 Å². The van der Waals surface area contributed by atoms with Gasteiger partial charge in [-0.05, 0) is 24.1 Å². The number of nitrogens with one attached hydrogen (secondary N) is 2. The number of amides is 1. The summed E-state index contributed by atoms with van der Waals surface area (Å²) >= 11 is 5.82. The zero-order valence-corrected chi connectivity index (χ0v) is 13.2. The van der Waals surface area contributed by atoms with Gasteiger partial charge in [-0.15, -0.1) is 0 Å². The highest BCUT2D eigenvalue weighted by molar-refractivity contribution is 6.30. The van der Waals surface area contributed by atoms with Crippen LogP contribution in [0.1, 0.15) is 35.8 Å². The minimum absolute atomic E-state index is 0.248. The van der Waals surface area contributed by atoms with Crippen molar-refractivity contribution in [2.45, 2.75) is 26.3 Å². The van der Waals surface area contributed by atoms with Crippen molar-refractivity contribution in [1.82, 2.24) is 15.3 Å². The third-order valence-corrected chi connectivity index (χ3v) is 3.34. The molecular formula is C16H19ClN4O. The Morgan fingerprint density at radius 2 is 1.95 bits per heavy atom. The van der Waals surface area contributed by atoms with Crippen molar-refractivity contribution in [1.29, 1.82) is 0 Å². The van der Waals surface area contributed by atoms with E-state index in [0.717, 1.165) is 24.9 Å². The molecule has 2 rings (SSSR count). The molecule has 1 amide bonds. The van der Waals surface area contributed by atoms with E-state index in [4.69, 9.17) is 11.6 Å². The quantitative estimate of drug-likeness (QED) is 0.769. The first-order chi connectivity index (χ1) is 10.7. The minimum atomic E-state index is -0.248. The zero-order valence-electron chi connectivity index (χ0n) is 12.5. The van der Waals surface area contributed by atoms with Gasteiger partial charge >= 0.3 is 0 Å². The smallest absolute Gasteiger partial charge is 0.271 e. The lowest BCUT2D eigenvalue weighted by Crippen LogP contribution is -2.24. The predicted molar refractivity (Wildman–Crippen MR) is 88.1 cm³/mol. The number of aromatic nitrogens is 2. The summed E-state index contributed by atoms with van der Waals surface area (Å²) in [5.74, 6) is 0.435. The molecule has 1 aromatic heterocycles. The van der Waals surface area contributed by atoms with Gasteiger partial charge in [0.25, 0.3) is 5.91 Å². The van der Waals surface area contributed by atoms with Gasteiger partial charge in [-0.3, -0.25) is 4.79 Å². The lowest BCUT2D eigenvalue weighted by atomic mass is 10.2. The Bertz CT molecular complexity index is 599. The zero-order chi connectivity index (χ0) is 15.8. The lowest BCUT2D eigenvalue weighted by Gasteiger charge is -2.06. The summed E-state index contributed by atoms with van der Waals surface area (Å²) in [4.78, 5) is 20.3. The highest BCUT2D eigenvalue weighted by Gasteiger charge is 2.07. The number of rotatable bonds is 7. The molecule has 0 saturated heterocycles. The molecule has 1 aromatic carbocycles.